The van der Waals surface area contributed by atoms with E-state index < -0.39 is 9.84 Å². The minimum atomic E-state index is -3.33. The van der Waals surface area contributed by atoms with E-state index in [1.807, 2.05) is 24.4 Å². The number of carbonyl (C=O) groups excluding carboxylic acids is 1. The maximum atomic E-state index is 12.0. The maximum Gasteiger partial charge on any atom is 0.262 e. The lowest BCUT2D eigenvalue weighted by molar-refractivity contribution is -0.118. The fourth-order valence-corrected chi connectivity index (χ4v) is 3.80. The molecule has 3 aromatic rings. The molecule has 8 heteroatoms. The summed E-state index contributed by atoms with van der Waals surface area (Å²) in [5.74, 6) is 0.187. The molecule has 0 aliphatic carbocycles. The van der Waals surface area contributed by atoms with Gasteiger partial charge in [0.15, 0.2) is 16.4 Å². The van der Waals surface area contributed by atoms with Gasteiger partial charge >= 0.3 is 0 Å². The van der Waals surface area contributed by atoms with Gasteiger partial charge in [0, 0.05) is 28.6 Å². The number of sulfone groups is 1. The molecule has 1 heterocycles. The standard InChI is InChI=1S/C19H18N2O4S2/c1-13-12-26-19(20-13)14-6-8-16(9-7-14)25-11-18(22)21-15-4-3-5-17(10-15)27(2,23)24/h3-10,12H,11H2,1-2H3,(H,21,22). The van der Waals surface area contributed by atoms with Crippen molar-refractivity contribution in [2.75, 3.05) is 18.2 Å². The van der Waals surface area contributed by atoms with Crippen molar-refractivity contribution in [1.29, 1.82) is 0 Å². The highest BCUT2D eigenvalue weighted by Gasteiger charge is 2.10. The van der Waals surface area contributed by atoms with Crippen molar-refractivity contribution in [3.63, 3.8) is 0 Å². The zero-order valence-electron chi connectivity index (χ0n) is 14.8. The number of anilines is 1. The van der Waals surface area contributed by atoms with Gasteiger partial charge in [-0.2, -0.15) is 0 Å². The highest BCUT2D eigenvalue weighted by Crippen LogP contribution is 2.25. The van der Waals surface area contributed by atoms with Crippen LogP contribution >= 0.6 is 11.3 Å². The number of rotatable bonds is 6. The second-order valence-corrected chi connectivity index (χ2v) is 8.83. The molecule has 2 aromatic carbocycles. The van der Waals surface area contributed by atoms with E-state index in [1.165, 1.54) is 12.1 Å². The normalized spacial score (nSPS) is 11.2. The Balaban J connectivity index is 1.58. The van der Waals surface area contributed by atoms with E-state index in [0.29, 0.717) is 11.4 Å². The van der Waals surface area contributed by atoms with Crippen molar-refractivity contribution in [3.8, 4) is 16.3 Å². The van der Waals surface area contributed by atoms with Crippen LogP contribution < -0.4 is 10.1 Å². The number of carbonyl (C=O) groups is 1. The smallest absolute Gasteiger partial charge is 0.262 e. The summed E-state index contributed by atoms with van der Waals surface area (Å²) in [5.41, 5.74) is 2.37. The first-order valence-corrected chi connectivity index (χ1v) is 10.8. The Kier molecular flexibility index (Phi) is 5.57. The van der Waals surface area contributed by atoms with Crippen molar-refractivity contribution < 1.29 is 17.9 Å². The second-order valence-electron chi connectivity index (χ2n) is 5.96. The maximum absolute atomic E-state index is 12.0. The molecule has 0 spiro atoms. The highest BCUT2D eigenvalue weighted by atomic mass is 32.2. The summed E-state index contributed by atoms with van der Waals surface area (Å²) in [7, 11) is -3.33. The molecule has 1 aromatic heterocycles. The minimum Gasteiger partial charge on any atom is -0.484 e. The molecule has 6 nitrogen and oxygen atoms in total. The number of aromatic nitrogens is 1. The summed E-state index contributed by atoms with van der Waals surface area (Å²) >= 11 is 1.57. The summed E-state index contributed by atoms with van der Waals surface area (Å²) in [4.78, 5) is 16.6. The van der Waals surface area contributed by atoms with Crippen LogP contribution in [0, 0.1) is 6.92 Å². The summed E-state index contributed by atoms with van der Waals surface area (Å²) in [5, 5.41) is 5.55. The van der Waals surface area contributed by atoms with E-state index in [4.69, 9.17) is 4.74 Å². The summed E-state index contributed by atoms with van der Waals surface area (Å²) in [6, 6.07) is 13.4. The Bertz CT molecular complexity index is 1060. The van der Waals surface area contributed by atoms with Gasteiger partial charge in [-0.3, -0.25) is 4.79 Å². The molecule has 0 saturated carbocycles. The monoisotopic (exact) mass is 402 g/mol. The Hall–Kier alpha value is -2.71. The van der Waals surface area contributed by atoms with Crippen LogP contribution in [0.15, 0.2) is 58.8 Å². The van der Waals surface area contributed by atoms with Crippen molar-refractivity contribution in [3.05, 3.63) is 59.6 Å². The molecule has 27 heavy (non-hydrogen) atoms. The number of nitrogens with one attached hydrogen (secondary N) is 1. The molecule has 1 N–H and O–H groups in total. The fourth-order valence-electron chi connectivity index (χ4n) is 2.33. The SMILES string of the molecule is Cc1csc(-c2ccc(OCC(=O)Nc3cccc(S(C)(=O)=O)c3)cc2)n1. The molecular weight excluding hydrogens is 384 g/mol. The minimum absolute atomic E-state index is 0.147. The van der Waals surface area contributed by atoms with Crippen molar-refractivity contribution in [2.24, 2.45) is 0 Å². The fraction of sp³-hybridized carbons (Fsp3) is 0.158. The Morgan fingerprint density at radius 2 is 1.93 bits per heavy atom. The van der Waals surface area contributed by atoms with Crippen LogP contribution in [0.2, 0.25) is 0 Å². The van der Waals surface area contributed by atoms with E-state index in [1.54, 1.807) is 35.6 Å². The summed E-state index contributed by atoms with van der Waals surface area (Å²) in [6.07, 6.45) is 1.12. The molecule has 0 aliphatic rings. The quantitative estimate of drug-likeness (QED) is 0.682. The van der Waals surface area contributed by atoms with Gasteiger partial charge in [-0.1, -0.05) is 6.07 Å². The Morgan fingerprint density at radius 3 is 2.56 bits per heavy atom. The number of nitrogens with zero attached hydrogens (tertiary/aromatic N) is 1. The average Bonchev–Trinajstić information content (AvgIpc) is 3.06. The van der Waals surface area contributed by atoms with Crippen LogP contribution in [0.4, 0.5) is 5.69 Å². The first-order chi connectivity index (χ1) is 12.8. The van der Waals surface area contributed by atoms with Gasteiger partial charge in [-0.05, 0) is 49.4 Å². The number of amides is 1. The molecule has 0 fully saturated rings. The molecule has 0 unspecified atom stereocenters. The molecule has 140 valence electrons. The van der Waals surface area contributed by atoms with Gasteiger partial charge in [-0.15, -0.1) is 11.3 Å². The molecule has 3 rings (SSSR count). The van der Waals surface area contributed by atoms with Gasteiger partial charge < -0.3 is 10.1 Å². The molecule has 0 bridgehead atoms. The number of aryl methyl sites for hydroxylation is 1. The largest absolute Gasteiger partial charge is 0.484 e. The zero-order chi connectivity index (χ0) is 19.4. The number of thiazole rings is 1. The third kappa shape index (κ3) is 5.15. The molecule has 0 aliphatic heterocycles. The highest BCUT2D eigenvalue weighted by molar-refractivity contribution is 7.90. The van der Waals surface area contributed by atoms with Crippen LogP contribution in [-0.2, 0) is 14.6 Å². The Labute approximate surface area is 161 Å². The molecule has 1 amide bonds. The van der Waals surface area contributed by atoms with Crippen molar-refractivity contribution in [1.82, 2.24) is 4.98 Å². The van der Waals surface area contributed by atoms with E-state index in [0.717, 1.165) is 22.5 Å². The number of benzene rings is 2. The van der Waals surface area contributed by atoms with Crippen LogP contribution in [-0.4, -0.2) is 32.2 Å². The predicted octanol–water partition coefficient (Wildman–Crippen LogP) is 3.54. The Morgan fingerprint density at radius 1 is 1.19 bits per heavy atom. The molecule has 0 saturated heterocycles. The molecule has 0 atom stereocenters. The van der Waals surface area contributed by atoms with E-state index in [-0.39, 0.29) is 17.4 Å². The first kappa shape index (κ1) is 19.1. The van der Waals surface area contributed by atoms with Crippen LogP contribution in [0.5, 0.6) is 5.75 Å². The van der Waals surface area contributed by atoms with E-state index in [2.05, 4.69) is 10.3 Å². The number of ether oxygens (including phenoxy) is 1. The van der Waals surface area contributed by atoms with E-state index >= 15 is 0 Å². The lowest BCUT2D eigenvalue weighted by Gasteiger charge is -2.09. The van der Waals surface area contributed by atoms with Crippen LogP contribution in [0.3, 0.4) is 0 Å². The molecule has 0 radical (unpaired) electrons. The van der Waals surface area contributed by atoms with Gasteiger partial charge in [0.1, 0.15) is 10.8 Å². The van der Waals surface area contributed by atoms with E-state index in [9.17, 15) is 13.2 Å². The third-order valence-corrected chi connectivity index (χ3v) is 5.76. The zero-order valence-corrected chi connectivity index (χ0v) is 16.4. The van der Waals surface area contributed by atoms with Crippen LogP contribution in [0.1, 0.15) is 5.69 Å². The predicted molar refractivity (Wildman–Crippen MR) is 106 cm³/mol. The average molecular weight is 402 g/mol. The van der Waals surface area contributed by atoms with Crippen LogP contribution in [0.25, 0.3) is 10.6 Å². The van der Waals surface area contributed by atoms with Gasteiger partial charge in [0.25, 0.3) is 5.91 Å². The van der Waals surface area contributed by atoms with Gasteiger partial charge in [0.2, 0.25) is 0 Å². The number of hydrogen-bond donors (Lipinski definition) is 1. The second kappa shape index (κ2) is 7.89. The van der Waals surface area contributed by atoms with Crippen molar-refractivity contribution in [2.45, 2.75) is 11.8 Å². The summed E-state index contributed by atoms with van der Waals surface area (Å²) in [6.45, 7) is 1.76. The van der Waals surface area contributed by atoms with Gasteiger partial charge in [0.05, 0.1) is 4.90 Å². The van der Waals surface area contributed by atoms with Gasteiger partial charge in [-0.25, -0.2) is 13.4 Å². The topological polar surface area (TPSA) is 85.4 Å². The summed E-state index contributed by atoms with van der Waals surface area (Å²) < 4.78 is 28.6. The third-order valence-electron chi connectivity index (χ3n) is 3.64. The lowest BCUT2D eigenvalue weighted by atomic mass is 10.2. The van der Waals surface area contributed by atoms with Crippen molar-refractivity contribution >= 4 is 32.8 Å². The lowest BCUT2D eigenvalue weighted by Crippen LogP contribution is -2.20. The number of hydrogen-bond acceptors (Lipinski definition) is 6. The molecular formula is C19H18N2O4S2. The first-order valence-electron chi connectivity index (χ1n) is 8.06.